The van der Waals surface area contributed by atoms with Gasteiger partial charge in [0, 0.05) is 38.9 Å². The van der Waals surface area contributed by atoms with E-state index in [0.29, 0.717) is 12.0 Å². The smallest absolute Gasteiger partial charge is 0.191 e. The van der Waals surface area contributed by atoms with E-state index in [-0.39, 0.29) is 24.0 Å². The van der Waals surface area contributed by atoms with Crippen LogP contribution in [-0.4, -0.2) is 64.3 Å². The number of ether oxygens (including phenoxy) is 1. The number of hydrogen-bond acceptors (Lipinski definition) is 4. The minimum absolute atomic E-state index is 0. The quantitative estimate of drug-likeness (QED) is 0.288. The Morgan fingerprint density at radius 1 is 1.03 bits per heavy atom. The number of benzene rings is 2. The number of methoxy groups -OCH3 is 1. The molecule has 2 fully saturated rings. The zero-order valence-electron chi connectivity index (χ0n) is 19.9. The summed E-state index contributed by atoms with van der Waals surface area (Å²) in [5.41, 5.74) is 2.65. The Kier molecular flexibility index (Phi) is 10.1. The molecule has 2 atom stereocenters. The second-order valence-electron chi connectivity index (χ2n) is 8.80. The van der Waals surface area contributed by atoms with Crippen molar-refractivity contribution < 1.29 is 4.74 Å². The van der Waals surface area contributed by atoms with Crippen molar-refractivity contribution in [3.63, 3.8) is 0 Å². The summed E-state index contributed by atoms with van der Waals surface area (Å²) in [6.45, 7) is 6.31. The Morgan fingerprint density at radius 2 is 1.76 bits per heavy atom. The largest absolute Gasteiger partial charge is 0.497 e. The van der Waals surface area contributed by atoms with Crippen molar-refractivity contribution in [2.24, 2.45) is 10.9 Å². The van der Waals surface area contributed by atoms with Crippen LogP contribution in [0.4, 0.5) is 5.69 Å². The Bertz CT molecular complexity index is 855. The molecule has 0 aromatic heterocycles. The number of aliphatic imine (C=N–C) groups is 1. The molecule has 0 saturated carbocycles. The molecule has 180 valence electrons. The van der Waals surface area contributed by atoms with Crippen LogP contribution in [-0.2, 0) is 0 Å². The van der Waals surface area contributed by atoms with Gasteiger partial charge >= 0.3 is 0 Å². The number of nitrogens with one attached hydrogen (secondary N) is 2. The first-order valence-corrected chi connectivity index (χ1v) is 11.9. The van der Waals surface area contributed by atoms with E-state index < -0.39 is 0 Å². The normalized spacial score (nSPS) is 19.8. The summed E-state index contributed by atoms with van der Waals surface area (Å²) in [7, 11) is 3.58. The fourth-order valence-electron chi connectivity index (χ4n) is 4.86. The summed E-state index contributed by atoms with van der Waals surface area (Å²) < 4.78 is 5.34. The number of halogens is 1. The van der Waals surface area contributed by atoms with E-state index >= 15 is 0 Å². The first kappa shape index (κ1) is 25.6. The fourth-order valence-corrected chi connectivity index (χ4v) is 4.86. The van der Waals surface area contributed by atoms with E-state index in [9.17, 15) is 0 Å². The van der Waals surface area contributed by atoms with E-state index in [2.05, 4.69) is 80.0 Å². The highest BCUT2D eigenvalue weighted by atomic mass is 127. The number of guanidine groups is 1. The molecule has 2 aliphatic heterocycles. The number of rotatable bonds is 8. The molecule has 0 bridgehead atoms. The van der Waals surface area contributed by atoms with E-state index in [1.54, 1.807) is 7.11 Å². The maximum atomic E-state index is 5.34. The zero-order chi connectivity index (χ0) is 22.2. The summed E-state index contributed by atoms with van der Waals surface area (Å²) in [5, 5.41) is 7.17. The third-order valence-electron chi connectivity index (χ3n) is 6.73. The summed E-state index contributed by atoms with van der Waals surface area (Å²) in [6.07, 6.45) is 3.76. The number of para-hydroxylation sites is 1. The van der Waals surface area contributed by atoms with Gasteiger partial charge in [-0.25, -0.2) is 0 Å². The van der Waals surface area contributed by atoms with Gasteiger partial charge in [0.05, 0.1) is 13.2 Å². The van der Waals surface area contributed by atoms with Crippen LogP contribution >= 0.6 is 24.0 Å². The predicted octanol–water partition coefficient (Wildman–Crippen LogP) is 4.14. The van der Waals surface area contributed by atoms with Gasteiger partial charge in [-0.05, 0) is 68.1 Å². The van der Waals surface area contributed by atoms with Gasteiger partial charge in [-0.2, -0.15) is 0 Å². The Hall–Kier alpha value is -2.00. The van der Waals surface area contributed by atoms with Crippen molar-refractivity contribution >= 4 is 35.6 Å². The lowest BCUT2D eigenvalue weighted by Crippen LogP contribution is -2.44. The summed E-state index contributed by atoms with van der Waals surface area (Å²) in [6, 6.07) is 19.6. The zero-order valence-corrected chi connectivity index (χ0v) is 22.2. The highest BCUT2D eigenvalue weighted by Crippen LogP contribution is 2.26. The number of anilines is 1. The lowest BCUT2D eigenvalue weighted by Gasteiger charge is -2.29. The van der Waals surface area contributed by atoms with Crippen molar-refractivity contribution in [1.29, 1.82) is 0 Å². The first-order valence-electron chi connectivity index (χ1n) is 11.9. The van der Waals surface area contributed by atoms with Crippen molar-refractivity contribution in [3.05, 3.63) is 60.2 Å². The molecule has 33 heavy (non-hydrogen) atoms. The van der Waals surface area contributed by atoms with Crippen LogP contribution in [0.15, 0.2) is 59.6 Å². The van der Waals surface area contributed by atoms with Gasteiger partial charge in [-0.15, -0.1) is 24.0 Å². The van der Waals surface area contributed by atoms with Gasteiger partial charge in [-0.1, -0.05) is 30.3 Å². The second-order valence-corrected chi connectivity index (χ2v) is 8.80. The van der Waals surface area contributed by atoms with Gasteiger partial charge in [-0.3, -0.25) is 9.89 Å². The Morgan fingerprint density at radius 3 is 2.42 bits per heavy atom. The molecule has 2 unspecified atom stereocenters. The van der Waals surface area contributed by atoms with Crippen LogP contribution in [0.25, 0.3) is 0 Å². The SMILES string of the molecule is CN=C(NCC1CCN(c2ccccc2)C1)NCC(c1ccc(OC)cc1)N1CCCC1.I. The van der Waals surface area contributed by atoms with Gasteiger partial charge in [0.1, 0.15) is 5.75 Å². The Labute approximate surface area is 215 Å². The van der Waals surface area contributed by atoms with E-state index in [1.807, 2.05) is 7.05 Å². The van der Waals surface area contributed by atoms with E-state index in [0.717, 1.165) is 51.0 Å². The minimum Gasteiger partial charge on any atom is -0.497 e. The van der Waals surface area contributed by atoms with Crippen molar-refractivity contribution in [2.45, 2.75) is 25.3 Å². The van der Waals surface area contributed by atoms with Crippen LogP contribution in [0.2, 0.25) is 0 Å². The molecule has 0 spiro atoms. The molecule has 0 radical (unpaired) electrons. The fraction of sp³-hybridized carbons (Fsp3) is 0.500. The molecule has 2 aromatic rings. The molecule has 7 heteroatoms. The Balaban J connectivity index is 0.00000306. The summed E-state index contributed by atoms with van der Waals surface area (Å²) >= 11 is 0. The van der Waals surface area contributed by atoms with Crippen LogP contribution < -0.4 is 20.3 Å². The maximum Gasteiger partial charge on any atom is 0.191 e. The maximum absolute atomic E-state index is 5.34. The molecular weight excluding hydrogens is 525 g/mol. The van der Waals surface area contributed by atoms with Crippen molar-refractivity contribution in [3.8, 4) is 5.75 Å². The highest BCUT2D eigenvalue weighted by molar-refractivity contribution is 14.0. The average Bonchev–Trinajstić information content (AvgIpc) is 3.55. The third kappa shape index (κ3) is 6.99. The molecule has 2 aliphatic rings. The molecule has 2 N–H and O–H groups in total. The molecule has 2 saturated heterocycles. The molecule has 6 nitrogen and oxygen atoms in total. The summed E-state index contributed by atoms with van der Waals surface area (Å²) in [5.74, 6) is 2.42. The van der Waals surface area contributed by atoms with Crippen LogP contribution in [0.5, 0.6) is 5.75 Å². The van der Waals surface area contributed by atoms with Gasteiger partial charge in [0.15, 0.2) is 5.96 Å². The van der Waals surface area contributed by atoms with Gasteiger partial charge in [0.2, 0.25) is 0 Å². The number of hydrogen-bond donors (Lipinski definition) is 2. The highest BCUT2D eigenvalue weighted by Gasteiger charge is 2.25. The minimum atomic E-state index is 0. The first-order chi connectivity index (χ1) is 15.8. The molecule has 2 aromatic carbocycles. The average molecular weight is 564 g/mol. The molecule has 4 rings (SSSR count). The molecule has 0 amide bonds. The van der Waals surface area contributed by atoms with Gasteiger partial charge < -0.3 is 20.3 Å². The number of likely N-dealkylation sites (tertiary alicyclic amines) is 1. The van der Waals surface area contributed by atoms with E-state index in [4.69, 9.17) is 4.74 Å². The van der Waals surface area contributed by atoms with Gasteiger partial charge in [0.25, 0.3) is 0 Å². The molecular formula is C26H38IN5O. The third-order valence-corrected chi connectivity index (χ3v) is 6.73. The second kappa shape index (κ2) is 13.0. The lowest BCUT2D eigenvalue weighted by atomic mass is 10.1. The number of nitrogens with zero attached hydrogens (tertiary/aromatic N) is 3. The van der Waals surface area contributed by atoms with Crippen LogP contribution in [0.3, 0.4) is 0 Å². The standard InChI is InChI=1S/C26H37N5O.HI/c1-27-26(28-18-21-14-17-31(20-21)23-8-4-3-5-9-23)29-19-25(30-15-6-7-16-30)22-10-12-24(32-2)13-11-22;/h3-5,8-13,21,25H,6-7,14-20H2,1-2H3,(H2,27,28,29);1H. The lowest BCUT2D eigenvalue weighted by molar-refractivity contribution is 0.245. The van der Waals surface area contributed by atoms with Crippen LogP contribution in [0.1, 0.15) is 30.9 Å². The predicted molar refractivity (Wildman–Crippen MR) is 148 cm³/mol. The van der Waals surface area contributed by atoms with E-state index in [1.165, 1.54) is 30.5 Å². The monoisotopic (exact) mass is 563 g/mol. The van der Waals surface area contributed by atoms with Crippen molar-refractivity contribution in [2.75, 3.05) is 58.3 Å². The van der Waals surface area contributed by atoms with Crippen LogP contribution in [0, 0.1) is 5.92 Å². The summed E-state index contributed by atoms with van der Waals surface area (Å²) in [4.78, 5) is 9.55. The molecule has 2 heterocycles. The topological polar surface area (TPSA) is 52.1 Å². The molecule has 0 aliphatic carbocycles. The van der Waals surface area contributed by atoms with Crippen molar-refractivity contribution in [1.82, 2.24) is 15.5 Å².